The van der Waals surface area contributed by atoms with E-state index in [0.29, 0.717) is 0 Å². The summed E-state index contributed by atoms with van der Waals surface area (Å²) in [6.45, 7) is 3.91. The van der Waals surface area contributed by atoms with Crippen LogP contribution in [0.1, 0.15) is 24.1 Å². The van der Waals surface area contributed by atoms with Gasteiger partial charge in [0.05, 0.1) is 19.8 Å². The van der Waals surface area contributed by atoms with Crippen LogP contribution in [0.2, 0.25) is 0 Å². The van der Waals surface area contributed by atoms with Gasteiger partial charge in [-0.2, -0.15) is 0 Å². The lowest BCUT2D eigenvalue weighted by Gasteiger charge is -2.17. The monoisotopic (exact) mass is 195 g/mol. The Morgan fingerprint density at radius 3 is 2.29 bits per heavy atom. The van der Waals surface area contributed by atoms with Crippen molar-refractivity contribution in [2.45, 2.75) is 19.9 Å². The standard InChI is InChI=1S/C11H17NO2/c1-7-5-6-9(13-3)10(8(2)12)11(7)14-4/h5-6,8H,12H2,1-4H3. The highest BCUT2D eigenvalue weighted by Gasteiger charge is 2.15. The van der Waals surface area contributed by atoms with Crippen molar-refractivity contribution in [3.8, 4) is 11.5 Å². The summed E-state index contributed by atoms with van der Waals surface area (Å²) in [6.07, 6.45) is 0. The molecule has 0 amide bonds. The molecule has 1 rings (SSSR count). The Labute approximate surface area is 84.8 Å². The van der Waals surface area contributed by atoms with Gasteiger partial charge in [0.1, 0.15) is 11.5 Å². The van der Waals surface area contributed by atoms with Crippen LogP contribution in [0.5, 0.6) is 11.5 Å². The lowest BCUT2D eigenvalue weighted by atomic mass is 10.0. The minimum atomic E-state index is -0.0974. The van der Waals surface area contributed by atoms with Crippen molar-refractivity contribution >= 4 is 0 Å². The Bertz CT molecular complexity index is 321. The fourth-order valence-electron chi connectivity index (χ4n) is 1.57. The summed E-state index contributed by atoms with van der Waals surface area (Å²) in [5.41, 5.74) is 7.87. The van der Waals surface area contributed by atoms with Crippen LogP contribution in [0, 0.1) is 6.92 Å². The van der Waals surface area contributed by atoms with Crippen LogP contribution < -0.4 is 15.2 Å². The Morgan fingerprint density at radius 1 is 1.21 bits per heavy atom. The van der Waals surface area contributed by atoms with Crippen molar-refractivity contribution in [3.63, 3.8) is 0 Å². The first-order valence-corrected chi connectivity index (χ1v) is 4.58. The van der Waals surface area contributed by atoms with Crippen LogP contribution in [0.4, 0.5) is 0 Å². The van der Waals surface area contributed by atoms with Gasteiger partial charge < -0.3 is 15.2 Å². The van der Waals surface area contributed by atoms with Gasteiger partial charge in [-0.05, 0) is 25.5 Å². The molecule has 0 saturated heterocycles. The molecule has 0 aromatic heterocycles. The third kappa shape index (κ3) is 1.82. The van der Waals surface area contributed by atoms with Crippen LogP contribution in [0.25, 0.3) is 0 Å². The van der Waals surface area contributed by atoms with E-state index in [1.54, 1.807) is 14.2 Å². The molecule has 3 heteroatoms. The van der Waals surface area contributed by atoms with E-state index in [0.717, 1.165) is 22.6 Å². The van der Waals surface area contributed by atoms with E-state index in [2.05, 4.69) is 0 Å². The molecule has 0 heterocycles. The number of methoxy groups -OCH3 is 2. The molecule has 1 atom stereocenters. The van der Waals surface area contributed by atoms with Gasteiger partial charge in [0.2, 0.25) is 0 Å². The highest BCUT2D eigenvalue weighted by molar-refractivity contribution is 5.51. The average Bonchev–Trinajstić information content (AvgIpc) is 2.17. The van der Waals surface area contributed by atoms with Gasteiger partial charge in [0, 0.05) is 6.04 Å². The first-order chi connectivity index (χ1) is 6.61. The van der Waals surface area contributed by atoms with Crippen LogP contribution in [-0.2, 0) is 0 Å². The minimum absolute atomic E-state index is 0.0974. The maximum absolute atomic E-state index is 5.88. The molecule has 3 nitrogen and oxygen atoms in total. The fourth-order valence-corrected chi connectivity index (χ4v) is 1.57. The number of hydrogen-bond acceptors (Lipinski definition) is 3. The third-order valence-electron chi connectivity index (χ3n) is 2.23. The van der Waals surface area contributed by atoms with E-state index in [-0.39, 0.29) is 6.04 Å². The smallest absolute Gasteiger partial charge is 0.130 e. The van der Waals surface area contributed by atoms with Crippen molar-refractivity contribution in [2.75, 3.05) is 14.2 Å². The van der Waals surface area contributed by atoms with Crippen molar-refractivity contribution in [1.29, 1.82) is 0 Å². The molecular formula is C11H17NO2. The molecular weight excluding hydrogens is 178 g/mol. The summed E-state index contributed by atoms with van der Waals surface area (Å²) in [6, 6.07) is 3.78. The molecule has 0 spiro atoms. The zero-order valence-electron chi connectivity index (χ0n) is 9.13. The van der Waals surface area contributed by atoms with Crippen LogP contribution in [0.3, 0.4) is 0 Å². The van der Waals surface area contributed by atoms with Crippen molar-refractivity contribution in [3.05, 3.63) is 23.3 Å². The maximum atomic E-state index is 5.88. The molecule has 0 bridgehead atoms. The lowest BCUT2D eigenvalue weighted by Crippen LogP contribution is -2.09. The Hall–Kier alpha value is -1.22. The van der Waals surface area contributed by atoms with Crippen molar-refractivity contribution in [2.24, 2.45) is 5.73 Å². The van der Waals surface area contributed by atoms with Gasteiger partial charge in [0.25, 0.3) is 0 Å². The summed E-state index contributed by atoms with van der Waals surface area (Å²) in [5, 5.41) is 0. The normalized spacial score (nSPS) is 12.4. The second kappa shape index (κ2) is 4.33. The van der Waals surface area contributed by atoms with E-state index >= 15 is 0 Å². The third-order valence-corrected chi connectivity index (χ3v) is 2.23. The molecule has 1 unspecified atom stereocenters. The van der Waals surface area contributed by atoms with Gasteiger partial charge in [0.15, 0.2) is 0 Å². The molecule has 2 N–H and O–H groups in total. The number of benzene rings is 1. The first kappa shape index (κ1) is 10.9. The van der Waals surface area contributed by atoms with E-state index in [1.165, 1.54) is 0 Å². The molecule has 1 aromatic rings. The number of hydrogen-bond donors (Lipinski definition) is 1. The van der Waals surface area contributed by atoms with Crippen molar-refractivity contribution in [1.82, 2.24) is 0 Å². The van der Waals surface area contributed by atoms with Gasteiger partial charge in [-0.3, -0.25) is 0 Å². The van der Waals surface area contributed by atoms with Gasteiger partial charge in [-0.15, -0.1) is 0 Å². The molecule has 0 saturated carbocycles. The Balaban J connectivity index is 3.36. The number of nitrogens with two attached hydrogens (primary N) is 1. The molecule has 0 aliphatic rings. The molecule has 0 fully saturated rings. The van der Waals surface area contributed by atoms with Gasteiger partial charge in [-0.25, -0.2) is 0 Å². The quantitative estimate of drug-likeness (QED) is 0.802. The van der Waals surface area contributed by atoms with E-state index in [1.807, 2.05) is 26.0 Å². The lowest BCUT2D eigenvalue weighted by molar-refractivity contribution is 0.379. The molecule has 0 radical (unpaired) electrons. The molecule has 1 aromatic carbocycles. The second-order valence-corrected chi connectivity index (χ2v) is 3.32. The van der Waals surface area contributed by atoms with Crippen LogP contribution in [0.15, 0.2) is 12.1 Å². The van der Waals surface area contributed by atoms with E-state index < -0.39 is 0 Å². The fraction of sp³-hybridized carbons (Fsp3) is 0.455. The summed E-state index contributed by atoms with van der Waals surface area (Å²) in [5.74, 6) is 1.60. The van der Waals surface area contributed by atoms with Crippen molar-refractivity contribution < 1.29 is 9.47 Å². The summed E-state index contributed by atoms with van der Waals surface area (Å²) in [7, 11) is 3.28. The molecule has 0 aliphatic heterocycles. The zero-order valence-corrected chi connectivity index (χ0v) is 9.13. The summed E-state index contributed by atoms with van der Waals surface area (Å²) < 4.78 is 10.6. The largest absolute Gasteiger partial charge is 0.496 e. The van der Waals surface area contributed by atoms with E-state index in [9.17, 15) is 0 Å². The highest BCUT2D eigenvalue weighted by atomic mass is 16.5. The predicted octanol–water partition coefficient (Wildman–Crippen LogP) is 2.03. The Morgan fingerprint density at radius 2 is 1.86 bits per heavy atom. The molecule has 14 heavy (non-hydrogen) atoms. The topological polar surface area (TPSA) is 44.5 Å². The first-order valence-electron chi connectivity index (χ1n) is 4.58. The molecule has 78 valence electrons. The SMILES string of the molecule is COc1ccc(C)c(OC)c1C(C)N. The van der Waals surface area contributed by atoms with Gasteiger partial charge >= 0.3 is 0 Å². The Kier molecular flexibility index (Phi) is 3.36. The predicted molar refractivity (Wildman–Crippen MR) is 56.9 cm³/mol. The zero-order chi connectivity index (χ0) is 10.7. The minimum Gasteiger partial charge on any atom is -0.496 e. The number of rotatable bonds is 3. The second-order valence-electron chi connectivity index (χ2n) is 3.32. The van der Waals surface area contributed by atoms with E-state index in [4.69, 9.17) is 15.2 Å². The van der Waals surface area contributed by atoms with Crippen LogP contribution in [-0.4, -0.2) is 14.2 Å². The summed E-state index contributed by atoms with van der Waals surface area (Å²) >= 11 is 0. The summed E-state index contributed by atoms with van der Waals surface area (Å²) in [4.78, 5) is 0. The average molecular weight is 195 g/mol. The van der Waals surface area contributed by atoms with Gasteiger partial charge in [-0.1, -0.05) is 6.07 Å². The molecule has 0 aliphatic carbocycles. The number of aryl methyl sites for hydroxylation is 1. The highest BCUT2D eigenvalue weighted by Crippen LogP contribution is 2.35. The number of ether oxygens (including phenoxy) is 2. The maximum Gasteiger partial charge on any atom is 0.130 e. The van der Waals surface area contributed by atoms with Crippen LogP contribution >= 0.6 is 0 Å².